The van der Waals surface area contributed by atoms with Crippen molar-refractivity contribution < 1.29 is 0 Å². The van der Waals surface area contributed by atoms with Crippen LogP contribution in [0.3, 0.4) is 0 Å². The van der Waals surface area contributed by atoms with Gasteiger partial charge in [0.25, 0.3) is 5.56 Å². The molecule has 0 unspecified atom stereocenters. The molecular formula is C17H22ClN5O2S. The number of H-pyrrole nitrogens is 1. The Balaban J connectivity index is 2.39. The minimum Gasteiger partial charge on any atom is -0.383 e. The number of hydrogen-bond donors (Lipinski definition) is 3. The number of nitrogens with one attached hydrogen (secondary N) is 2. The third-order valence-electron chi connectivity index (χ3n) is 3.88. The maximum Gasteiger partial charge on any atom is 0.330 e. The van der Waals surface area contributed by atoms with Gasteiger partial charge in [0.15, 0.2) is 10.8 Å². The largest absolute Gasteiger partial charge is 0.383 e. The van der Waals surface area contributed by atoms with Crippen molar-refractivity contribution in [3.8, 4) is 0 Å². The molecule has 1 aromatic carbocycles. The Morgan fingerprint density at radius 2 is 1.96 bits per heavy atom. The predicted octanol–water partition coefficient (Wildman–Crippen LogP) is 2.80. The lowest BCUT2D eigenvalue weighted by Crippen LogP contribution is -2.42. The van der Waals surface area contributed by atoms with Crippen molar-refractivity contribution in [3.63, 3.8) is 0 Å². The highest BCUT2D eigenvalue weighted by atomic mass is 35.5. The molecule has 1 heterocycles. The average Bonchev–Trinajstić information content (AvgIpc) is 2.60. The summed E-state index contributed by atoms with van der Waals surface area (Å²) < 4.78 is 1.37. The summed E-state index contributed by atoms with van der Waals surface area (Å²) in [4.78, 5) is 28.4. The number of rotatable bonds is 6. The topological polar surface area (TPSA) is 96.2 Å². The van der Waals surface area contributed by atoms with Crippen LogP contribution in [0.1, 0.15) is 26.7 Å². The first-order chi connectivity index (χ1) is 12.4. The number of aromatic amines is 1. The van der Waals surface area contributed by atoms with Crippen molar-refractivity contribution >= 4 is 46.1 Å². The van der Waals surface area contributed by atoms with Crippen molar-refractivity contribution in [1.82, 2.24) is 9.55 Å². The highest BCUT2D eigenvalue weighted by molar-refractivity contribution is 7.80. The van der Waals surface area contributed by atoms with Crippen molar-refractivity contribution in [2.75, 3.05) is 22.5 Å². The van der Waals surface area contributed by atoms with Gasteiger partial charge in [-0.25, -0.2) is 4.79 Å². The number of halogens is 1. The van der Waals surface area contributed by atoms with Crippen LogP contribution in [0.25, 0.3) is 0 Å². The van der Waals surface area contributed by atoms with E-state index in [1.807, 2.05) is 13.8 Å². The van der Waals surface area contributed by atoms with Crippen molar-refractivity contribution in [3.05, 3.63) is 50.1 Å². The smallest absolute Gasteiger partial charge is 0.330 e. The highest BCUT2D eigenvalue weighted by Gasteiger charge is 2.20. The average molecular weight is 396 g/mol. The Labute approximate surface area is 161 Å². The fourth-order valence-corrected chi connectivity index (χ4v) is 2.97. The molecular weight excluding hydrogens is 374 g/mol. The molecule has 0 amide bonds. The van der Waals surface area contributed by atoms with Gasteiger partial charge in [0.2, 0.25) is 0 Å². The molecule has 0 aliphatic heterocycles. The summed E-state index contributed by atoms with van der Waals surface area (Å²) in [6, 6.07) is 7.01. The first-order valence-corrected chi connectivity index (χ1v) is 9.14. The summed E-state index contributed by atoms with van der Waals surface area (Å²) in [6.07, 6.45) is 1.67. The standard InChI is InChI=1S/C17H22ClN5O2S/c1-3-5-10-23-14(19)13(15(24)21-16(23)25)22(4-2)17(26)20-12-8-6-11(18)7-9-12/h6-9H,3-5,10,19H2,1-2H3,(H,20,26)(H,21,24,25). The van der Waals surface area contributed by atoms with Gasteiger partial charge in [0.05, 0.1) is 0 Å². The van der Waals surface area contributed by atoms with Crippen molar-refractivity contribution in [2.45, 2.75) is 33.2 Å². The number of nitrogen functional groups attached to an aromatic ring is 1. The fraction of sp³-hybridized carbons (Fsp3) is 0.353. The number of benzene rings is 1. The first kappa shape index (κ1) is 20.0. The fourth-order valence-electron chi connectivity index (χ4n) is 2.50. The van der Waals surface area contributed by atoms with Gasteiger partial charge in [-0.2, -0.15) is 0 Å². The SMILES string of the molecule is CCCCn1c(N)c(N(CC)C(=S)Nc2ccc(Cl)cc2)c(=O)[nH]c1=O. The minimum absolute atomic E-state index is 0.106. The maximum absolute atomic E-state index is 12.4. The quantitative estimate of drug-likeness (QED) is 0.651. The lowest BCUT2D eigenvalue weighted by molar-refractivity contribution is 0.604. The third-order valence-corrected chi connectivity index (χ3v) is 4.45. The van der Waals surface area contributed by atoms with Gasteiger partial charge >= 0.3 is 5.69 Å². The van der Waals surface area contributed by atoms with Crippen LogP contribution in [0.4, 0.5) is 17.2 Å². The zero-order valence-corrected chi connectivity index (χ0v) is 16.3. The summed E-state index contributed by atoms with van der Waals surface area (Å²) in [5.41, 5.74) is 5.96. The van der Waals surface area contributed by atoms with Gasteiger partial charge in [-0.05, 0) is 49.8 Å². The molecule has 2 rings (SSSR count). The molecule has 0 aliphatic carbocycles. The summed E-state index contributed by atoms with van der Waals surface area (Å²) in [5, 5.41) is 3.96. The molecule has 0 bridgehead atoms. The molecule has 2 aromatic rings. The summed E-state index contributed by atoms with van der Waals surface area (Å²) >= 11 is 11.3. The zero-order valence-electron chi connectivity index (χ0n) is 14.7. The van der Waals surface area contributed by atoms with Crippen LogP contribution in [0, 0.1) is 0 Å². The van der Waals surface area contributed by atoms with E-state index in [2.05, 4.69) is 10.3 Å². The molecule has 0 aliphatic rings. The number of anilines is 3. The highest BCUT2D eigenvalue weighted by Crippen LogP contribution is 2.19. The van der Waals surface area contributed by atoms with Crippen molar-refractivity contribution in [2.24, 2.45) is 0 Å². The van der Waals surface area contributed by atoms with Gasteiger partial charge in [-0.15, -0.1) is 0 Å². The minimum atomic E-state index is -0.567. The lowest BCUT2D eigenvalue weighted by atomic mass is 10.3. The number of hydrogen-bond acceptors (Lipinski definition) is 4. The monoisotopic (exact) mass is 395 g/mol. The molecule has 9 heteroatoms. The molecule has 140 valence electrons. The number of unbranched alkanes of at least 4 members (excludes halogenated alkanes) is 1. The van der Waals surface area contributed by atoms with E-state index in [1.165, 1.54) is 4.57 Å². The van der Waals surface area contributed by atoms with Crippen LogP contribution in [0.5, 0.6) is 0 Å². The second-order valence-corrected chi connectivity index (χ2v) is 6.50. The second-order valence-electron chi connectivity index (χ2n) is 5.68. The first-order valence-electron chi connectivity index (χ1n) is 8.35. The van der Waals surface area contributed by atoms with Gasteiger partial charge in [0.1, 0.15) is 5.82 Å². The number of nitrogens with two attached hydrogens (primary N) is 1. The van der Waals surface area contributed by atoms with Gasteiger partial charge in [0, 0.05) is 23.8 Å². The molecule has 1 aromatic heterocycles. The Morgan fingerprint density at radius 3 is 2.54 bits per heavy atom. The van der Waals surface area contributed by atoms with Crippen LogP contribution < -0.4 is 27.2 Å². The molecule has 26 heavy (non-hydrogen) atoms. The van der Waals surface area contributed by atoms with Crippen LogP contribution >= 0.6 is 23.8 Å². The Bertz CT molecular complexity index is 892. The molecule has 4 N–H and O–H groups in total. The Morgan fingerprint density at radius 1 is 1.31 bits per heavy atom. The van der Waals surface area contributed by atoms with E-state index in [1.54, 1.807) is 29.2 Å². The van der Waals surface area contributed by atoms with Gasteiger partial charge < -0.3 is 16.0 Å². The molecule has 0 fully saturated rings. The molecule has 0 saturated heterocycles. The second kappa shape index (κ2) is 8.86. The zero-order chi connectivity index (χ0) is 19.3. The van der Waals surface area contributed by atoms with E-state index in [9.17, 15) is 9.59 Å². The molecule has 0 spiro atoms. The van der Waals surface area contributed by atoms with Crippen LogP contribution in [0.15, 0.2) is 33.9 Å². The molecule has 7 nitrogen and oxygen atoms in total. The van der Waals surface area contributed by atoms with E-state index in [-0.39, 0.29) is 11.5 Å². The summed E-state index contributed by atoms with van der Waals surface area (Å²) in [7, 11) is 0. The van der Waals surface area contributed by atoms with Crippen LogP contribution in [-0.2, 0) is 6.54 Å². The summed E-state index contributed by atoms with van der Waals surface area (Å²) in [5.74, 6) is 0.106. The van der Waals surface area contributed by atoms with Gasteiger partial charge in [-0.1, -0.05) is 24.9 Å². The van der Waals surface area contributed by atoms with E-state index in [0.29, 0.717) is 23.2 Å². The van der Waals surface area contributed by atoms with Crippen molar-refractivity contribution in [1.29, 1.82) is 0 Å². The summed E-state index contributed by atoms with van der Waals surface area (Å²) in [6.45, 7) is 4.69. The maximum atomic E-state index is 12.4. The molecule has 0 radical (unpaired) electrons. The predicted molar refractivity (Wildman–Crippen MR) is 111 cm³/mol. The number of nitrogens with zero attached hydrogens (tertiary/aromatic N) is 2. The van der Waals surface area contributed by atoms with Crippen LogP contribution in [0.2, 0.25) is 5.02 Å². The normalized spacial score (nSPS) is 10.6. The van der Waals surface area contributed by atoms with E-state index >= 15 is 0 Å². The third kappa shape index (κ3) is 4.44. The number of thiocarbonyl (C=S) groups is 1. The molecule has 0 saturated carbocycles. The molecule has 0 atom stereocenters. The Hall–Kier alpha value is -2.32. The van der Waals surface area contributed by atoms with E-state index < -0.39 is 11.2 Å². The van der Waals surface area contributed by atoms with Crippen LogP contribution in [-0.4, -0.2) is 21.2 Å². The Kier molecular flexibility index (Phi) is 6.82. The van der Waals surface area contributed by atoms with E-state index in [4.69, 9.17) is 29.6 Å². The van der Waals surface area contributed by atoms with Gasteiger partial charge in [-0.3, -0.25) is 14.3 Å². The van der Waals surface area contributed by atoms with E-state index in [0.717, 1.165) is 18.5 Å². The lowest BCUT2D eigenvalue weighted by Gasteiger charge is -2.25. The number of aromatic nitrogens is 2.